The lowest BCUT2D eigenvalue weighted by atomic mass is 9.94. The highest BCUT2D eigenvalue weighted by atomic mass is 16.3. The Hall–Kier alpha value is -4.26. The number of aliphatic hydroxyl groups excluding tert-OH is 1. The van der Waals surface area contributed by atoms with E-state index in [0.29, 0.717) is 36.7 Å². The van der Waals surface area contributed by atoms with E-state index in [9.17, 15) is 9.59 Å². The van der Waals surface area contributed by atoms with Crippen molar-refractivity contribution < 1.29 is 14.7 Å². The molecule has 0 saturated carbocycles. The molecule has 4 aromatic carbocycles. The SMILES string of the molecule is CC.CC.CC.CC.CC.CC.CC.CC.NCCCC(CNC(=O)c1ccccc1)c1ccccc1.O=C(NCC(CCCO)c1ccccc1)c1ccccc1. The van der Waals surface area contributed by atoms with Crippen LogP contribution < -0.4 is 16.4 Å². The van der Waals surface area contributed by atoms with Crippen molar-refractivity contribution in [1.29, 1.82) is 0 Å². The number of carbonyl (C=O) groups is 2. The summed E-state index contributed by atoms with van der Waals surface area (Å²) in [5.41, 5.74) is 9.43. The van der Waals surface area contributed by atoms with E-state index in [1.807, 2.05) is 196 Å². The van der Waals surface area contributed by atoms with Crippen molar-refractivity contribution in [2.45, 2.75) is 148 Å². The van der Waals surface area contributed by atoms with Crippen LogP contribution in [0, 0.1) is 0 Å². The Morgan fingerprint density at radius 1 is 0.448 bits per heavy atom. The van der Waals surface area contributed by atoms with E-state index in [2.05, 4.69) is 34.9 Å². The second kappa shape index (κ2) is 57.1. The van der Waals surface area contributed by atoms with Crippen LogP contribution in [0.4, 0.5) is 0 Å². The molecule has 4 aromatic rings. The molecule has 4 rings (SSSR count). The van der Waals surface area contributed by atoms with Gasteiger partial charge in [0, 0.05) is 42.7 Å². The van der Waals surface area contributed by atoms with E-state index < -0.39 is 0 Å². The van der Waals surface area contributed by atoms with Gasteiger partial charge in [-0.2, -0.15) is 0 Å². The van der Waals surface area contributed by atoms with Gasteiger partial charge < -0.3 is 21.5 Å². The molecule has 2 atom stereocenters. The average molecular weight is 806 g/mol. The van der Waals surface area contributed by atoms with Gasteiger partial charge in [-0.15, -0.1) is 0 Å². The number of nitrogens with two attached hydrogens (primary N) is 1. The standard InChI is InChI=1S/C18H22N2O.C18H21NO2.8C2H6/c19-13-7-12-17(15-8-3-1-4-9-15)14-20-18(21)16-10-5-2-6-11-16;20-13-7-12-17(15-8-3-1-4-9-15)14-19-18(21)16-10-5-2-6-11-16;8*1-2/h1-6,8-11,17H,7,12-14,19H2,(H,20,21);1-6,8-11,17,20H,7,12-14H2,(H,19,21);8*1-2H3. The van der Waals surface area contributed by atoms with Gasteiger partial charge in [0.2, 0.25) is 0 Å². The van der Waals surface area contributed by atoms with Crippen LogP contribution in [0.3, 0.4) is 0 Å². The summed E-state index contributed by atoms with van der Waals surface area (Å²) in [7, 11) is 0. The fourth-order valence-corrected chi connectivity index (χ4v) is 4.74. The zero-order chi connectivity index (χ0) is 45.8. The quantitative estimate of drug-likeness (QED) is 0.102. The van der Waals surface area contributed by atoms with Crippen molar-refractivity contribution in [1.82, 2.24) is 10.6 Å². The summed E-state index contributed by atoms with van der Waals surface area (Å²) < 4.78 is 0. The minimum Gasteiger partial charge on any atom is -0.396 e. The molecule has 2 amide bonds. The largest absolute Gasteiger partial charge is 0.396 e. The first-order valence-corrected chi connectivity index (χ1v) is 22.7. The highest BCUT2D eigenvalue weighted by molar-refractivity contribution is 5.94. The van der Waals surface area contributed by atoms with Crippen LogP contribution in [0.1, 0.15) is 180 Å². The summed E-state index contributed by atoms with van der Waals surface area (Å²) >= 11 is 0. The van der Waals surface area contributed by atoms with Gasteiger partial charge in [-0.1, -0.05) is 208 Å². The molecule has 0 heterocycles. The van der Waals surface area contributed by atoms with Gasteiger partial charge in [-0.05, 0) is 67.6 Å². The maximum Gasteiger partial charge on any atom is 0.251 e. The van der Waals surface area contributed by atoms with E-state index >= 15 is 0 Å². The van der Waals surface area contributed by atoms with Gasteiger partial charge in [-0.3, -0.25) is 9.59 Å². The average Bonchev–Trinajstić information content (AvgIpc) is 3.35. The van der Waals surface area contributed by atoms with Crippen molar-refractivity contribution in [2.24, 2.45) is 5.73 Å². The molecule has 0 fully saturated rings. The van der Waals surface area contributed by atoms with Gasteiger partial charge in [0.25, 0.3) is 11.8 Å². The Kier molecular flexibility index (Phi) is 64.5. The number of amides is 2. The van der Waals surface area contributed by atoms with Crippen LogP contribution in [0.15, 0.2) is 121 Å². The number of nitrogens with one attached hydrogen (secondary N) is 2. The highest BCUT2D eigenvalue weighted by Crippen LogP contribution is 2.21. The maximum absolute atomic E-state index is 12.1. The lowest BCUT2D eigenvalue weighted by Gasteiger charge is -2.18. The summed E-state index contributed by atoms with van der Waals surface area (Å²) in [5, 5.41) is 15.0. The van der Waals surface area contributed by atoms with Crippen molar-refractivity contribution in [3.05, 3.63) is 144 Å². The second-order valence-electron chi connectivity index (χ2n) is 10.2. The van der Waals surface area contributed by atoms with Crippen LogP contribution in [-0.2, 0) is 0 Å². The van der Waals surface area contributed by atoms with Gasteiger partial charge in [-0.25, -0.2) is 0 Å². The monoisotopic (exact) mass is 806 g/mol. The maximum atomic E-state index is 12.1. The molecule has 0 bridgehead atoms. The van der Waals surface area contributed by atoms with Crippen LogP contribution in [0.25, 0.3) is 0 Å². The zero-order valence-corrected chi connectivity index (χ0v) is 40.2. The molecule has 58 heavy (non-hydrogen) atoms. The topological polar surface area (TPSA) is 104 Å². The highest BCUT2D eigenvalue weighted by Gasteiger charge is 2.14. The third-order valence-electron chi connectivity index (χ3n) is 7.10. The Labute approximate surface area is 359 Å². The minimum atomic E-state index is -0.0551. The third-order valence-corrected chi connectivity index (χ3v) is 7.10. The first-order valence-electron chi connectivity index (χ1n) is 22.7. The molecular weight excluding hydrogens is 715 g/mol. The summed E-state index contributed by atoms with van der Waals surface area (Å²) in [5.74, 6) is 0.457. The predicted molar refractivity (Wildman–Crippen MR) is 261 cm³/mol. The number of rotatable bonds is 14. The zero-order valence-electron chi connectivity index (χ0n) is 40.2. The van der Waals surface area contributed by atoms with E-state index in [1.165, 1.54) is 11.1 Å². The molecule has 332 valence electrons. The Morgan fingerprint density at radius 3 is 0.966 bits per heavy atom. The molecule has 6 nitrogen and oxygen atoms in total. The summed E-state index contributed by atoms with van der Waals surface area (Å²) in [4.78, 5) is 24.2. The van der Waals surface area contributed by atoms with Crippen LogP contribution >= 0.6 is 0 Å². The molecule has 0 saturated heterocycles. The molecular formula is C52H91N3O3. The van der Waals surface area contributed by atoms with Crippen molar-refractivity contribution in [3.63, 3.8) is 0 Å². The number of hydrogen-bond donors (Lipinski definition) is 4. The van der Waals surface area contributed by atoms with Crippen LogP contribution in [-0.4, -0.2) is 43.2 Å². The fourth-order valence-electron chi connectivity index (χ4n) is 4.74. The van der Waals surface area contributed by atoms with Gasteiger partial charge in [0.15, 0.2) is 0 Å². The van der Waals surface area contributed by atoms with Crippen LogP contribution in [0.2, 0.25) is 0 Å². The first-order chi connectivity index (χ1) is 28.6. The number of hydrogen-bond acceptors (Lipinski definition) is 4. The molecule has 0 aromatic heterocycles. The van der Waals surface area contributed by atoms with Crippen LogP contribution in [0.5, 0.6) is 0 Å². The van der Waals surface area contributed by atoms with Crippen molar-refractivity contribution in [2.75, 3.05) is 26.2 Å². The molecule has 0 aliphatic rings. The minimum absolute atomic E-state index is 0.0238. The van der Waals surface area contributed by atoms with Gasteiger partial charge >= 0.3 is 0 Å². The summed E-state index contributed by atoms with van der Waals surface area (Å²) in [6.07, 6.45) is 3.53. The Bertz CT molecular complexity index is 1190. The number of carbonyl (C=O) groups excluding carboxylic acids is 2. The second-order valence-corrected chi connectivity index (χ2v) is 10.2. The van der Waals surface area contributed by atoms with E-state index in [0.717, 1.165) is 25.7 Å². The first kappa shape index (κ1) is 65.6. The summed E-state index contributed by atoms with van der Waals surface area (Å²) in [6.45, 7) is 34.1. The lowest BCUT2D eigenvalue weighted by Crippen LogP contribution is -2.28. The summed E-state index contributed by atoms with van der Waals surface area (Å²) in [6, 6.07) is 38.9. The molecule has 0 spiro atoms. The fraction of sp³-hybridized carbons (Fsp3) is 0.500. The lowest BCUT2D eigenvalue weighted by molar-refractivity contribution is 0.0942. The normalized spacial score (nSPS) is 9.41. The smallest absolute Gasteiger partial charge is 0.251 e. The molecule has 5 N–H and O–H groups in total. The molecule has 6 heteroatoms. The number of benzene rings is 4. The van der Waals surface area contributed by atoms with Crippen molar-refractivity contribution in [3.8, 4) is 0 Å². The molecule has 0 aliphatic heterocycles. The van der Waals surface area contributed by atoms with Gasteiger partial charge in [0.05, 0.1) is 0 Å². The van der Waals surface area contributed by atoms with E-state index in [-0.39, 0.29) is 24.3 Å². The molecule has 0 aliphatic carbocycles. The third kappa shape index (κ3) is 34.9. The van der Waals surface area contributed by atoms with Gasteiger partial charge in [0.1, 0.15) is 0 Å². The van der Waals surface area contributed by atoms with E-state index in [4.69, 9.17) is 10.8 Å². The van der Waals surface area contributed by atoms with E-state index in [1.54, 1.807) is 12.1 Å². The molecule has 2 unspecified atom stereocenters. The van der Waals surface area contributed by atoms with Crippen molar-refractivity contribution >= 4 is 11.8 Å². The predicted octanol–water partition coefficient (Wildman–Crippen LogP) is 14.1. The Balaban J connectivity index is -0.000000173. The number of aliphatic hydroxyl groups is 1. The molecule has 0 radical (unpaired) electrons. The Morgan fingerprint density at radius 2 is 0.707 bits per heavy atom.